The fraction of sp³-hybridized carbons (Fsp3) is 0.471. The van der Waals surface area contributed by atoms with Crippen LogP contribution in [0.3, 0.4) is 0 Å². The van der Waals surface area contributed by atoms with E-state index in [1.54, 1.807) is 33.2 Å². The number of aliphatic hydroxyl groups is 1. The molecule has 7 heteroatoms. The van der Waals surface area contributed by atoms with Crippen molar-refractivity contribution in [1.82, 2.24) is 15.5 Å². The van der Waals surface area contributed by atoms with Gasteiger partial charge in [-0.25, -0.2) is 4.98 Å². The van der Waals surface area contributed by atoms with Crippen LogP contribution in [-0.4, -0.2) is 34.4 Å². The molecule has 0 spiro atoms. The van der Waals surface area contributed by atoms with E-state index in [-0.39, 0.29) is 24.0 Å². The third-order valence-corrected chi connectivity index (χ3v) is 4.50. The topological polar surface area (TPSA) is 97.5 Å². The van der Waals surface area contributed by atoms with E-state index >= 15 is 0 Å². The lowest BCUT2D eigenvalue weighted by atomic mass is 9.75. The summed E-state index contributed by atoms with van der Waals surface area (Å²) >= 11 is 0. The van der Waals surface area contributed by atoms with Crippen LogP contribution >= 0.6 is 0 Å². The van der Waals surface area contributed by atoms with Crippen molar-refractivity contribution < 1.29 is 19.2 Å². The molecule has 0 aromatic carbocycles. The minimum atomic E-state index is -0.306. The zero-order valence-electron chi connectivity index (χ0n) is 13.9. The van der Waals surface area contributed by atoms with Crippen molar-refractivity contribution in [2.45, 2.75) is 38.8 Å². The van der Waals surface area contributed by atoms with Crippen LogP contribution in [0.25, 0.3) is 0 Å². The molecule has 0 bridgehead atoms. The maximum absolute atomic E-state index is 12.7. The maximum Gasteiger partial charge on any atom is 0.257 e. The van der Waals surface area contributed by atoms with Crippen molar-refractivity contribution in [3.63, 3.8) is 0 Å². The summed E-state index contributed by atoms with van der Waals surface area (Å²) in [6.07, 6.45) is 2.69. The lowest BCUT2D eigenvalue weighted by Crippen LogP contribution is -2.41. The highest BCUT2D eigenvalue weighted by molar-refractivity contribution is 5.96. The van der Waals surface area contributed by atoms with E-state index in [2.05, 4.69) is 15.5 Å². The number of nitrogens with one attached hydrogen (secondary N) is 1. The van der Waals surface area contributed by atoms with Gasteiger partial charge in [-0.2, -0.15) is 0 Å². The Hall–Kier alpha value is -2.41. The van der Waals surface area contributed by atoms with Gasteiger partial charge in [-0.15, -0.1) is 0 Å². The number of aryl methyl sites for hydroxylation is 2. The number of carbonyl (C=O) groups is 1. The molecule has 24 heavy (non-hydrogen) atoms. The molecule has 0 aliphatic heterocycles. The number of aromatic nitrogens is 2. The van der Waals surface area contributed by atoms with E-state index in [9.17, 15) is 9.90 Å². The largest absolute Gasteiger partial charge is 0.481 e. The fourth-order valence-electron chi connectivity index (χ4n) is 3.09. The quantitative estimate of drug-likeness (QED) is 0.869. The molecule has 0 saturated heterocycles. The molecule has 2 aromatic rings. The Balaban J connectivity index is 1.83. The van der Waals surface area contributed by atoms with Gasteiger partial charge in [0.05, 0.1) is 24.9 Å². The molecule has 1 unspecified atom stereocenters. The van der Waals surface area contributed by atoms with Crippen molar-refractivity contribution in [2.75, 3.05) is 7.11 Å². The van der Waals surface area contributed by atoms with E-state index in [1.165, 1.54) is 0 Å². The van der Waals surface area contributed by atoms with Crippen molar-refractivity contribution in [1.29, 1.82) is 0 Å². The van der Waals surface area contributed by atoms with Crippen LogP contribution in [0.5, 0.6) is 5.88 Å². The molecular formula is C17H21N3O4. The molecule has 1 fully saturated rings. The summed E-state index contributed by atoms with van der Waals surface area (Å²) in [5.74, 6) is 0.946. The summed E-state index contributed by atoms with van der Waals surface area (Å²) in [4.78, 5) is 16.9. The molecule has 7 nitrogen and oxygen atoms in total. The number of aliphatic hydroxyl groups excluding tert-OH is 1. The minimum Gasteiger partial charge on any atom is -0.481 e. The smallest absolute Gasteiger partial charge is 0.257 e. The van der Waals surface area contributed by atoms with Gasteiger partial charge < -0.3 is 19.7 Å². The number of rotatable bonds is 5. The Labute approximate surface area is 140 Å². The standard InChI is InChI=1S/C17H21N3O4/c1-9-15(10(2)24-20-9)17(22)19-16(12-6-13(21)7-12)11-4-5-14(23-3)18-8-11/h4-5,8,12-13,16,21H,6-7H2,1-3H3,(H,19,22). The summed E-state index contributed by atoms with van der Waals surface area (Å²) < 4.78 is 10.2. The number of pyridine rings is 1. The molecule has 1 aliphatic rings. The summed E-state index contributed by atoms with van der Waals surface area (Å²) in [5.41, 5.74) is 1.90. The van der Waals surface area contributed by atoms with Crippen LogP contribution in [0.2, 0.25) is 0 Å². The maximum atomic E-state index is 12.7. The molecule has 1 saturated carbocycles. The lowest BCUT2D eigenvalue weighted by molar-refractivity contribution is 0.0234. The minimum absolute atomic E-state index is 0.166. The highest BCUT2D eigenvalue weighted by Crippen LogP contribution is 2.38. The number of methoxy groups -OCH3 is 1. The van der Waals surface area contributed by atoms with Crippen molar-refractivity contribution in [3.05, 3.63) is 40.9 Å². The molecule has 2 N–H and O–H groups in total. The average Bonchev–Trinajstić information content (AvgIpc) is 2.89. The highest BCUT2D eigenvalue weighted by Gasteiger charge is 2.36. The Morgan fingerprint density at radius 1 is 1.42 bits per heavy atom. The number of ether oxygens (including phenoxy) is 1. The molecule has 3 rings (SSSR count). The Bertz CT molecular complexity index is 700. The number of hydrogen-bond acceptors (Lipinski definition) is 6. The summed E-state index contributed by atoms with van der Waals surface area (Å²) in [6, 6.07) is 3.42. The van der Waals surface area contributed by atoms with E-state index in [4.69, 9.17) is 9.26 Å². The second-order valence-corrected chi connectivity index (χ2v) is 6.17. The SMILES string of the molecule is COc1ccc(C(NC(=O)c2c(C)noc2C)C2CC(O)C2)cn1. The Morgan fingerprint density at radius 3 is 2.67 bits per heavy atom. The summed E-state index contributed by atoms with van der Waals surface area (Å²) in [5, 5.41) is 16.5. The Morgan fingerprint density at radius 2 is 2.17 bits per heavy atom. The number of carbonyl (C=O) groups excluding carboxylic acids is 1. The normalized spacial score (nSPS) is 21.0. The molecule has 128 valence electrons. The van der Waals surface area contributed by atoms with Crippen molar-refractivity contribution >= 4 is 5.91 Å². The van der Waals surface area contributed by atoms with Gasteiger partial charge in [0.1, 0.15) is 11.3 Å². The van der Waals surface area contributed by atoms with Gasteiger partial charge in [-0.1, -0.05) is 11.2 Å². The number of hydrogen-bond donors (Lipinski definition) is 2. The first kappa shape index (κ1) is 16.4. The summed E-state index contributed by atoms with van der Waals surface area (Å²) in [7, 11) is 1.56. The van der Waals surface area contributed by atoms with Gasteiger partial charge in [0, 0.05) is 12.3 Å². The van der Waals surface area contributed by atoms with E-state index < -0.39 is 0 Å². The summed E-state index contributed by atoms with van der Waals surface area (Å²) in [6.45, 7) is 3.45. The second kappa shape index (κ2) is 6.60. The van der Waals surface area contributed by atoms with E-state index in [1.807, 2.05) is 6.07 Å². The van der Waals surface area contributed by atoms with Crippen LogP contribution < -0.4 is 10.1 Å². The predicted octanol–water partition coefficient (Wildman–Crippen LogP) is 1.94. The average molecular weight is 331 g/mol. The zero-order valence-corrected chi connectivity index (χ0v) is 13.9. The number of amides is 1. The van der Waals surface area contributed by atoms with Gasteiger partial charge in [0.25, 0.3) is 5.91 Å². The molecule has 1 atom stereocenters. The van der Waals surface area contributed by atoms with Crippen molar-refractivity contribution in [3.8, 4) is 5.88 Å². The number of nitrogens with zero attached hydrogens (tertiary/aromatic N) is 2. The van der Waals surface area contributed by atoms with E-state index in [0.717, 1.165) is 5.56 Å². The molecular weight excluding hydrogens is 310 g/mol. The lowest BCUT2D eigenvalue weighted by Gasteiger charge is -2.38. The van der Waals surface area contributed by atoms with Crippen molar-refractivity contribution in [2.24, 2.45) is 5.92 Å². The van der Waals surface area contributed by atoms with E-state index in [0.29, 0.717) is 35.7 Å². The first-order valence-electron chi connectivity index (χ1n) is 7.91. The molecule has 2 aromatic heterocycles. The third-order valence-electron chi connectivity index (χ3n) is 4.50. The van der Waals surface area contributed by atoms with Crippen LogP contribution in [-0.2, 0) is 0 Å². The fourth-order valence-corrected chi connectivity index (χ4v) is 3.09. The first-order chi connectivity index (χ1) is 11.5. The Kier molecular flexibility index (Phi) is 4.53. The van der Waals surface area contributed by atoms with Crippen LogP contribution in [0.1, 0.15) is 46.3 Å². The molecule has 1 aliphatic carbocycles. The monoisotopic (exact) mass is 331 g/mol. The zero-order chi connectivity index (χ0) is 17.3. The van der Waals surface area contributed by atoms with Gasteiger partial charge >= 0.3 is 0 Å². The third kappa shape index (κ3) is 3.12. The highest BCUT2D eigenvalue weighted by atomic mass is 16.5. The van der Waals surface area contributed by atoms with Crippen LogP contribution in [0, 0.1) is 19.8 Å². The van der Waals surface area contributed by atoms with Crippen LogP contribution in [0.4, 0.5) is 0 Å². The second-order valence-electron chi connectivity index (χ2n) is 6.17. The van der Waals surface area contributed by atoms with Gasteiger partial charge in [0.2, 0.25) is 5.88 Å². The molecule has 1 amide bonds. The van der Waals surface area contributed by atoms with Gasteiger partial charge in [0.15, 0.2) is 0 Å². The molecule has 0 radical (unpaired) electrons. The first-order valence-corrected chi connectivity index (χ1v) is 7.91. The van der Waals surface area contributed by atoms with Gasteiger partial charge in [-0.3, -0.25) is 4.79 Å². The molecule has 2 heterocycles. The van der Waals surface area contributed by atoms with Crippen LogP contribution in [0.15, 0.2) is 22.9 Å². The van der Waals surface area contributed by atoms with Gasteiger partial charge in [-0.05, 0) is 38.2 Å². The predicted molar refractivity (Wildman–Crippen MR) is 85.7 cm³/mol.